The molecule has 2 nitrogen and oxygen atoms in total. The summed E-state index contributed by atoms with van der Waals surface area (Å²) in [6.07, 6.45) is 2.47. The number of hydrogen-bond acceptors (Lipinski definition) is 2. The first-order chi connectivity index (χ1) is 7.25. The Morgan fingerprint density at radius 3 is 2.73 bits per heavy atom. The van der Waals surface area contributed by atoms with Crippen LogP contribution in [0, 0.1) is 6.92 Å². The van der Waals surface area contributed by atoms with Crippen LogP contribution >= 0.6 is 0 Å². The van der Waals surface area contributed by atoms with Gasteiger partial charge in [-0.05, 0) is 38.9 Å². The van der Waals surface area contributed by atoms with Crippen molar-refractivity contribution < 1.29 is 4.79 Å². The Morgan fingerprint density at radius 1 is 1.33 bits per heavy atom. The summed E-state index contributed by atoms with van der Waals surface area (Å²) in [5, 5.41) is 0. The molecule has 0 aliphatic carbocycles. The molecule has 80 valence electrons. The fourth-order valence-electron chi connectivity index (χ4n) is 2.05. The first kappa shape index (κ1) is 10.4. The van der Waals surface area contributed by atoms with E-state index in [0.717, 1.165) is 24.2 Å². The smallest absolute Gasteiger partial charge is 0.176 e. The van der Waals surface area contributed by atoms with E-state index in [1.807, 2.05) is 31.2 Å². The van der Waals surface area contributed by atoms with Crippen molar-refractivity contribution >= 4 is 5.78 Å². The van der Waals surface area contributed by atoms with Crippen molar-refractivity contribution in [3.05, 3.63) is 35.4 Å². The van der Waals surface area contributed by atoms with E-state index >= 15 is 0 Å². The minimum Gasteiger partial charge on any atom is -0.296 e. The molecule has 15 heavy (non-hydrogen) atoms. The molecule has 2 rings (SSSR count). The summed E-state index contributed by atoms with van der Waals surface area (Å²) >= 11 is 0. The third-order valence-corrected chi connectivity index (χ3v) is 2.91. The van der Waals surface area contributed by atoms with Gasteiger partial charge in [0, 0.05) is 5.56 Å². The molecule has 0 spiro atoms. The Kier molecular flexibility index (Phi) is 3.17. The first-order valence-electron chi connectivity index (χ1n) is 5.58. The highest BCUT2D eigenvalue weighted by Crippen LogP contribution is 2.10. The Hall–Kier alpha value is -1.15. The molecular formula is C13H17NO. The Bertz CT molecular complexity index is 353. The van der Waals surface area contributed by atoms with Crippen molar-refractivity contribution in [3.63, 3.8) is 0 Å². The number of ketones is 1. The zero-order valence-electron chi connectivity index (χ0n) is 9.20. The second-order valence-electron chi connectivity index (χ2n) is 4.28. The largest absolute Gasteiger partial charge is 0.296 e. The van der Waals surface area contributed by atoms with Crippen molar-refractivity contribution in [2.45, 2.75) is 19.8 Å². The summed E-state index contributed by atoms with van der Waals surface area (Å²) in [5.74, 6) is 0.251. The van der Waals surface area contributed by atoms with Crippen LogP contribution in [-0.2, 0) is 0 Å². The monoisotopic (exact) mass is 203 g/mol. The lowest BCUT2D eigenvalue weighted by Gasteiger charge is -2.13. The molecule has 0 N–H and O–H groups in total. The normalized spacial score (nSPS) is 16.9. The predicted octanol–water partition coefficient (Wildman–Crippen LogP) is 2.27. The standard InChI is InChI=1S/C13H17NO/c1-11-5-4-6-12(9-11)13(15)10-14-7-2-3-8-14/h4-6,9H,2-3,7-8,10H2,1H3. The quantitative estimate of drug-likeness (QED) is 0.702. The van der Waals surface area contributed by atoms with Gasteiger partial charge in [-0.2, -0.15) is 0 Å². The van der Waals surface area contributed by atoms with E-state index < -0.39 is 0 Å². The maximum absolute atomic E-state index is 11.9. The molecule has 1 aromatic carbocycles. The fraction of sp³-hybridized carbons (Fsp3) is 0.462. The van der Waals surface area contributed by atoms with Gasteiger partial charge in [0.1, 0.15) is 0 Å². The first-order valence-corrected chi connectivity index (χ1v) is 5.58. The van der Waals surface area contributed by atoms with E-state index in [0.29, 0.717) is 6.54 Å². The number of hydrogen-bond donors (Lipinski definition) is 0. The highest BCUT2D eigenvalue weighted by Gasteiger charge is 2.15. The molecule has 0 unspecified atom stereocenters. The molecule has 0 radical (unpaired) electrons. The second-order valence-corrected chi connectivity index (χ2v) is 4.28. The lowest BCUT2D eigenvalue weighted by atomic mass is 10.1. The van der Waals surface area contributed by atoms with E-state index in [1.54, 1.807) is 0 Å². The number of carbonyl (C=O) groups excluding carboxylic acids is 1. The van der Waals surface area contributed by atoms with E-state index in [-0.39, 0.29) is 5.78 Å². The van der Waals surface area contributed by atoms with Crippen LogP contribution in [0.2, 0.25) is 0 Å². The third kappa shape index (κ3) is 2.66. The van der Waals surface area contributed by atoms with Crippen LogP contribution in [0.25, 0.3) is 0 Å². The van der Waals surface area contributed by atoms with Gasteiger partial charge >= 0.3 is 0 Å². The third-order valence-electron chi connectivity index (χ3n) is 2.91. The van der Waals surface area contributed by atoms with Gasteiger partial charge in [0.2, 0.25) is 0 Å². The number of nitrogens with zero attached hydrogens (tertiary/aromatic N) is 1. The van der Waals surface area contributed by atoms with E-state index in [1.165, 1.54) is 12.8 Å². The summed E-state index contributed by atoms with van der Waals surface area (Å²) in [7, 11) is 0. The topological polar surface area (TPSA) is 20.3 Å². The van der Waals surface area contributed by atoms with Gasteiger partial charge in [-0.15, -0.1) is 0 Å². The average molecular weight is 203 g/mol. The molecule has 0 saturated carbocycles. The molecule has 1 fully saturated rings. The molecule has 1 aromatic rings. The van der Waals surface area contributed by atoms with Gasteiger partial charge in [-0.25, -0.2) is 0 Å². The number of carbonyl (C=O) groups is 1. The van der Waals surface area contributed by atoms with Gasteiger partial charge in [0.05, 0.1) is 6.54 Å². The Balaban J connectivity index is 2.01. The van der Waals surface area contributed by atoms with Crippen LogP contribution in [-0.4, -0.2) is 30.3 Å². The number of Topliss-reactive ketones (excluding diaryl/α,β-unsaturated/α-hetero) is 1. The van der Waals surface area contributed by atoms with Gasteiger partial charge < -0.3 is 0 Å². The van der Waals surface area contributed by atoms with Crippen LogP contribution in [0.5, 0.6) is 0 Å². The maximum atomic E-state index is 11.9. The number of rotatable bonds is 3. The summed E-state index contributed by atoms with van der Waals surface area (Å²) < 4.78 is 0. The van der Waals surface area contributed by atoms with Gasteiger partial charge in [0.15, 0.2) is 5.78 Å². The van der Waals surface area contributed by atoms with Crippen molar-refractivity contribution in [3.8, 4) is 0 Å². The molecule has 1 saturated heterocycles. The van der Waals surface area contributed by atoms with Gasteiger partial charge in [0.25, 0.3) is 0 Å². The van der Waals surface area contributed by atoms with Crippen molar-refractivity contribution in [1.82, 2.24) is 4.90 Å². The molecule has 1 heterocycles. The fourth-order valence-corrected chi connectivity index (χ4v) is 2.05. The molecule has 2 heteroatoms. The van der Waals surface area contributed by atoms with Crippen molar-refractivity contribution in [2.75, 3.05) is 19.6 Å². The molecular weight excluding hydrogens is 186 g/mol. The van der Waals surface area contributed by atoms with Crippen molar-refractivity contribution in [1.29, 1.82) is 0 Å². The van der Waals surface area contributed by atoms with Crippen molar-refractivity contribution in [2.24, 2.45) is 0 Å². The van der Waals surface area contributed by atoms with Crippen LogP contribution in [0.15, 0.2) is 24.3 Å². The molecule has 0 atom stereocenters. The molecule has 0 bridgehead atoms. The van der Waals surface area contributed by atoms with Gasteiger partial charge in [-0.3, -0.25) is 9.69 Å². The minimum atomic E-state index is 0.251. The average Bonchev–Trinajstić information content (AvgIpc) is 2.70. The molecule has 0 aromatic heterocycles. The maximum Gasteiger partial charge on any atom is 0.176 e. The second kappa shape index (κ2) is 4.58. The molecule has 0 amide bonds. The summed E-state index contributed by atoms with van der Waals surface area (Å²) in [6.45, 7) is 4.77. The predicted molar refractivity (Wildman–Crippen MR) is 61.2 cm³/mol. The number of benzene rings is 1. The zero-order chi connectivity index (χ0) is 10.7. The van der Waals surface area contributed by atoms with Crippen LogP contribution in [0.1, 0.15) is 28.8 Å². The number of likely N-dealkylation sites (tertiary alicyclic amines) is 1. The summed E-state index contributed by atoms with van der Waals surface area (Å²) in [6, 6.07) is 7.85. The van der Waals surface area contributed by atoms with E-state index in [9.17, 15) is 4.79 Å². The SMILES string of the molecule is Cc1cccc(C(=O)CN2CCCC2)c1. The Morgan fingerprint density at radius 2 is 2.07 bits per heavy atom. The van der Waals surface area contributed by atoms with Crippen LogP contribution < -0.4 is 0 Å². The lowest BCUT2D eigenvalue weighted by molar-refractivity contribution is 0.0945. The minimum absolute atomic E-state index is 0.251. The van der Waals surface area contributed by atoms with E-state index in [2.05, 4.69) is 4.90 Å². The summed E-state index contributed by atoms with van der Waals surface area (Å²) in [4.78, 5) is 14.2. The zero-order valence-corrected chi connectivity index (χ0v) is 9.20. The highest BCUT2D eigenvalue weighted by atomic mass is 16.1. The van der Waals surface area contributed by atoms with Crippen LogP contribution in [0.3, 0.4) is 0 Å². The number of aryl methyl sites for hydroxylation is 1. The molecule has 1 aliphatic heterocycles. The molecule has 1 aliphatic rings. The lowest BCUT2D eigenvalue weighted by Crippen LogP contribution is -2.26. The Labute approximate surface area is 90.9 Å². The highest BCUT2D eigenvalue weighted by molar-refractivity contribution is 5.97. The van der Waals surface area contributed by atoms with Crippen LogP contribution in [0.4, 0.5) is 0 Å². The van der Waals surface area contributed by atoms with Gasteiger partial charge in [-0.1, -0.05) is 23.8 Å². The summed E-state index contributed by atoms with van der Waals surface area (Å²) in [5.41, 5.74) is 2.00. The van der Waals surface area contributed by atoms with E-state index in [4.69, 9.17) is 0 Å².